The third kappa shape index (κ3) is 6.95. The maximum absolute atomic E-state index is 11.7. The lowest BCUT2D eigenvalue weighted by Gasteiger charge is -2.16. The monoisotopic (exact) mass is 330 g/mol. The molecule has 1 amide bonds. The predicted octanol–water partition coefficient (Wildman–Crippen LogP) is 2.55. The molecule has 7 heteroatoms. The van der Waals surface area contributed by atoms with Crippen LogP contribution in [-0.4, -0.2) is 34.3 Å². The first-order valence-electron chi connectivity index (χ1n) is 6.88. The lowest BCUT2D eigenvalue weighted by molar-refractivity contribution is -0.143. The molecular formula is C14H22N2O3S2. The third-order valence-electron chi connectivity index (χ3n) is 3.03. The fourth-order valence-electron chi connectivity index (χ4n) is 1.74. The summed E-state index contributed by atoms with van der Waals surface area (Å²) < 4.78 is 0. The molecule has 0 aliphatic carbocycles. The van der Waals surface area contributed by atoms with Gasteiger partial charge < -0.3 is 10.4 Å². The normalized spacial score (nSPS) is 12.4. The van der Waals surface area contributed by atoms with Crippen LogP contribution in [0.15, 0.2) is 5.38 Å². The highest BCUT2D eigenvalue weighted by atomic mass is 32.2. The molecule has 0 saturated carbocycles. The Labute approximate surface area is 133 Å². The van der Waals surface area contributed by atoms with Gasteiger partial charge in [0.05, 0.1) is 16.6 Å². The molecule has 21 heavy (non-hydrogen) atoms. The lowest BCUT2D eigenvalue weighted by atomic mass is 9.96. The number of thioether (sulfide) groups is 1. The molecule has 1 unspecified atom stereocenters. The Morgan fingerprint density at radius 1 is 1.48 bits per heavy atom. The van der Waals surface area contributed by atoms with Crippen LogP contribution >= 0.6 is 23.1 Å². The average molecular weight is 330 g/mol. The fourth-order valence-corrected chi connectivity index (χ4v) is 3.29. The van der Waals surface area contributed by atoms with E-state index < -0.39 is 11.9 Å². The number of hydrogen-bond acceptors (Lipinski definition) is 5. The molecule has 0 spiro atoms. The van der Waals surface area contributed by atoms with Gasteiger partial charge in [0, 0.05) is 29.9 Å². The molecular weight excluding hydrogens is 308 g/mol. The number of carboxylic acid groups (broad SMARTS) is 1. The van der Waals surface area contributed by atoms with Crippen molar-refractivity contribution in [3.8, 4) is 0 Å². The third-order valence-corrected chi connectivity index (χ3v) is 4.85. The summed E-state index contributed by atoms with van der Waals surface area (Å²) >= 11 is 3.29. The molecule has 0 saturated heterocycles. The average Bonchev–Trinajstić information content (AvgIpc) is 2.80. The summed E-state index contributed by atoms with van der Waals surface area (Å²) in [5, 5.41) is 14.8. The summed E-state index contributed by atoms with van der Waals surface area (Å²) in [5.74, 6) is 0.0375. The van der Waals surface area contributed by atoms with Gasteiger partial charge in [-0.25, -0.2) is 4.98 Å². The highest BCUT2D eigenvalue weighted by molar-refractivity contribution is 7.98. The van der Waals surface area contributed by atoms with E-state index in [9.17, 15) is 9.59 Å². The van der Waals surface area contributed by atoms with Crippen molar-refractivity contribution < 1.29 is 14.7 Å². The van der Waals surface area contributed by atoms with Crippen LogP contribution < -0.4 is 5.32 Å². The van der Waals surface area contributed by atoms with Crippen LogP contribution in [0.2, 0.25) is 0 Å². The van der Waals surface area contributed by atoms with Gasteiger partial charge in [0.1, 0.15) is 0 Å². The Morgan fingerprint density at radius 3 is 2.71 bits per heavy atom. The van der Waals surface area contributed by atoms with Crippen molar-refractivity contribution in [2.24, 2.45) is 11.8 Å². The van der Waals surface area contributed by atoms with Crippen LogP contribution in [0.5, 0.6) is 0 Å². The lowest BCUT2D eigenvalue weighted by Crippen LogP contribution is -2.35. The second kappa shape index (κ2) is 9.04. The predicted molar refractivity (Wildman–Crippen MR) is 86.6 cm³/mol. The second-order valence-corrected chi connectivity index (χ2v) is 7.32. The first-order chi connectivity index (χ1) is 9.90. The van der Waals surface area contributed by atoms with Crippen molar-refractivity contribution in [2.45, 2.75) is 32.9 Å². The van der Waals surface area contributed by atoms with E-state index >= 15 is 0 Å². The Bertz CT molecular complexity index is 475. The van der Waals surface area contributed by atoms with Crippen molar-refractivity contribution >= 4 is 35.0 Å². The zero-order valence-corrected chi connectivity index (χ0v) is 14.2. The minimum Gasteiger partial charge on any atom is -0.481 e. The van der Waals surface area contributed by atoms with Gasteiger partial charge in [0.25, 0.3) is 0 Å². The van der Waals surface area contributed by atoms with Crippen molar-refractivity contribution in [3.05, 3.63) is 16.1 Å². The molecule has 0 aromatic carbocycles. The number of hydrogen-bond donors (Lipinski definition) is 2. The van der Waals surface area contributed by atoms with E-state index in [0.29, 0.717) is 12.2 Å². The summed E-state index contributed by atoms with van der Waals surface area (Å²) in [6.45, 7) is 5.86. The summed E-state index contributed by atoms with van der Waals surface area (Å²) in [7, 11) is 0. The van der Waals surface area contributed by atoms with Crippen LogP contribution in [0.1, 0.15) is 31.0 Å². The highest BCUT2D eigenvalue weighted by Gasteiger charge is 2.21. The zero-order valence-electron chi connectivity index (χ0n) is 12.6. The Morgan fingerprint density at radius 2 is 2.19 bits per heavy atom. The smallest absolute Gasteiger partial charge is 0.308 e. The Hall–Kier alpha value is -1.08. The molecule has 1 aromatic heterocycles. The number of nitrogens with zero attached hydrogens (tertiary/aromatic N) is 1. The van der Waals surface area contributed by atoms with E-state index in [2.05, 4.69) is 10.3 Å². The Balaban J connectivity index is 2.17. The van der Waals surface area contributed by atoms with E-state index in [1.54, 1.807) is 23.1 Å². The number of thiazole rings is 1. The van der Waals surface area contributed by atoms with Gasteiger partial charge in [0.15, 0.2) is 0 Å². The minimum atomic E-state index is -0.862. The molecule has 0 bridgehead atoms. The molecule has 1 heterocycles. The number of carbonyl (C=O) groups is 2. The van der Waals surface area contributed by atoms with E-state index in [1.165, 1.54) is 0 Å². The van der Waals surface area contributed by atoms with E-state index in [1.807, 2.05) is 26.2 Å². The second-order valence-electron chi connectivity index (χ2n) is 5.15. The van der Waals surface area contributed by atoms with Gasteiger partial charge >= 0.3 is 5.97 Å². The maximum Gasteiger partial charge on any atom is 0.308 e. The molecule has 2 N–H and O–H groups in total. The van der Waals surface area contributed by atoms with Crippen molar-refractivity contribution in [1.29, 1.82) is 0 Å². The molecule has 0 aliphatic rings. The Kier molecular flexibility index (Phi) is 7.74. The number of carboxylic acids is 1. The molecule has 0 radical (unpaired) electrons. The first kappa shape index (κ1) is 18.0. The maximum atomic E-state index is 11.7. The van der Waals surface area contributed by atoms with Crippen LogP contribution in [0.25, 0.3) is 0 Å². The molecule has 1 atom stereocenters. The van der Waals surface area contributed by atoms with E-state index in [4.69, 9.17) is 5.11 Å². The number of nitrogens with one attached hydrogen (secondary N) is 1. The molecule has 0 fully saturated rings. The first-order valence-corrected chi connectivity index (χ1v) is 8.91. The van der Waals surface area contributed by atoms with Gasteiger partial charge in [-0.3, -0.25) is 9.59 Å². The number of aromatic nitrogens is 1. The van der Waals surface area contributed by atoms with Crippen molar-refractivity contribution in [1.82, 2.24) is 10.3 Å². The highest BCUT2D eigenvalue weighted by Crippen LogP contribution is 2.15. The molecule has 1 aromatic rings. The largest absolute Gasteiger partial charge is 0.481 e. The SMILES string of the molecule is Cc1nc(CSCCC(=O)NCC(C(=O)O)C(C)C)cs1. The standard InChI is InChI=1S/C14H22N2O3S2/c1-9(2)12(14(18)19)6-15-13(17)4-5-20-7-11-8-21-10(3)16-11/h8-9,12H,4-7H2,1-3H3,(H,15,17)(H,18,19). The van der Waals surface area contributed by atoms with Crippen molar-refractivity contribution in [3.63, 3.8) is 0 Å². The quantitative estimate of drug-likeness (QED) is 0.680. The van der Waals surface area contributed by atoms with Gasteiger partial charge in [-0.15, -0.1) is 11.3 Å². The van der Waals surface area contributed by atoms with Gasteiger partial charge in [-0.2, -0.15) is 11.8 Å². The van der Waals surface area contributed by atoms with E-state index in [0.717, 1.165) is 16.5 Å². The van der Waals surface area contributed by atoms with Crippen LogP contribution in [0.4, 0.5) is 0 Å². The number of rotatable bonds is 9. The number of carbonyl (C=O) groups excluding carboxylic acids is 1. The van der Waals surface area contributed by atoms with Gasteiger partial charge in [-0.05, 0) is 12.8 Å². The number of aliphatic carboxylic acids is 1. The summed E-state index contributed by atoms with van der Waals surface area (Å²) in [4.78, 5) is 27.0. The topological polar surface area (TPSA) is 79.3 Å². The van der Waals surface area contributed by atoms with Gasteiger partial charge in [0.2, 0.25) is 5.91 Å². The van der Waals surface area contributed by atoms with Crippen LogP contribution in [-0.2, 0) is 15.3 Å². The zero-order chi connectivity index (χ0) is 15.8. The van der Waals surface area contributed by atoms with Gasteiger partial charge in [-0.1, -0.05) is 13.8 Å². The van der Waals surface area contributed by atoms with Crippen LogP contribution in [0, 0.1) is 18.8 Å². The van der Waals surface area contributed by atoms with E-state index in [-0.39, 0.29) is 18.4 Å². The molecule has 1 rings (SSSR count). The van der Waals surface area contributed by atoms with Crippen molar-refractivity contribution in [2.75, 3.05) is 12.3 Å². The molecule has 5 nitrogen and oxygen atoms in total. The number of aryl methyl sites for hydroxylation is 1. The van der Waals surface area contributed by atoms with Crippen LogP contribution in [0.3, 0.4) is 0 Å². The molecule has 118 valence electrons. The summed E-state index contributed by atoms with van der Waals surface area (Å²) in [6, 6.07) is 0. The minimum absolute atomic E-state index is 0.00470. The fraction of sp³-hybridized carbons (Fsp3) is 0.643. The summed E-state index contributed by atoms with van der Waals surface area (Å²) in [6.07, 6.45) is 0.401. The summed E-state index contributed by atoms with van der Waals surface area (Å²) in [5.41, 5.74) is 1.05. The molecule has 0 aliphatic heterocycles. The number of amides is 1.